The Morgan fingerprint density at radius 3 is 2.68 bits per heavy atom. The van der Waals surface area contributed by atoms with Crippen LogP contribution in [0.4, 0.5) is 11.5 Å². The Morgan fingerprint density at radius 1 is 1.24 bits per heavy atom. The average Bonchev–Trinajstić information content (AvgIpc) is 3.10. The van der Waals surface area contributed by atoms with Gasteiger partial charge in [-0.2, -0.15) is 0 Å². The number of aromatic nitrogens is 1. The van der Waals surface area contributed by atoms with E-state index in [9.17, 15) is 4.79 Å². The Labute approximate surface area is 156 Å². The van der Waals surface area contributed by atoms with E-state index >= 15 is 0 Å². The summed E-state index contributed by atoms with van der Waals surface area (Å²) in [4.78, 5) is 19.0. The minimum absolute atomic E-state index is 0.144. The van der Waals surface area contributed by atoms with Crippen molar-refractivity contribution in [3.05, 3.63) is 46.1 Å². The van der Waals surface area contributed by atoms with E-state index in [0.717, 1.165) is 24.6 Å². The summed E-state index contributed by atoms with van der Waals surface area (Å²) in [6.45, 7) is 3.81. The molecule has 1 aromatic carbocycles. The van der Waals surface area contributed by atoms with Crippen molar-refractivity contribution in [2.45, 2.75) is 19.8 Å². The third-order valence-electron chi connectivity index (χ3n) is 4.03. The van der Waals surface area contributed by atoms with Crippen molar-refractivity contribution in [2.24, 2.45) is 0 Å². The monoisotopic (exact) mass is 379 g/mol. The van der Waals surface area contributed by atoms with Crippen LogP contribution >= 0.6 is 23.2 Å². The Bertz CT molecular complexity index is 777. The molecule has 0 aliphatic carbocycles. The van der Waals surface area contributed by atoms with Gasteiger partial charge in [-0.1, -0.05) is 23.2 Å². The molecule has 1 N–H and O–H groups in total. The van der Waals surface area contributed by atoms with Crippen LogP contribution in [0.25, 0.3) is 0 Å². The minimum Gasteiger partial charge on any atom is -0.482 e. The minimum atomic E-state index is -0.273. The molecule has 5 nitrogen and oxygen atoms in total. The number of halogens is 2. The van der Waals surface area contributed by atoms with E-state index in [1.165, 1.54) is 12.8 Å². The van der Waals surface area contributed by atoms with E-state index in [4.69, 9.17) is 27.9 Å². The van der Waals surface area contributed by atoms with E-state index < -0.39 is 0 Å². The zero-order chi connectivity index (χ0) is 17.8. The van der Waals surface area contributed by atoms with E-state index in [2.05, 4.69) is 15.2 Å². The van der Waals surface area contributed by atoms with Crippen LogP contribution < -0.4 is 15.0 Å². The molecule has 1 aliphatic rings. The molecule has 3 rings (SSSR count). The number of carbonyl (C=O) groups excluding carboxylic acids is 1. The fourth-order valence-electron chi connectivity index (χ4n) is 2.72. The number of nitrogens with zero attached hydrogens (tertiary/aromatic N) is 2. The van der Waals surface area contributed by atoms with Crippen molar-refractivity contribution in [3.8, 4) is 5.75 Å². The van der Waals surface area contributed by atoms with Gasteiger partial charge in [0, 0.05) is 18.1 Å². The van der Waals surface area contributed by atoms with Crippen molar-refractivity contribution < 1.29 is 9.53 Å². The van der Waals surface area contributed by atoms with E-state index in [0.29, 0.717) is 21.5 Å². The Hall–Kier alpha value is -1.98. The topological polar surface area (TPSA) is 54.5 Å². The number of aryl methyl sites for hydroxylation is 1. The molecule has 1 fully saturated rings. The Morgan fingerprint density at radius 2 is 2.00 bits per heavy atom. The number of amides is 1. The molecule has 1 amide bonds. The zero-order valence-corrected chi connectivity index (χ0v) is 15.4. The number of benzene rings is 1. The van der Waals surface area contributed by atoms with Crippen molar-refractivity contribution in [1.82, 2.24) is 4.98 Å². The third kappa shape index (κ3) is 4.55. The number of pyridine rings is 1. The molecule has 0 spiro atoms. The summed E-state index contributed by atoms with van der Waals surface area (Å²) >= 11 is 11.9. The highest BCUT2D eigenvalue weighted by Crippen LogP contribution is 2.27. The van der Waals surface area contributed by atoms with Gasteiger partial charge in [0.25, 0.3) is 5.91 Å². The first-order valence-corrected chi connectivity index (χ1v) is 8.89. The highest BCUT2D eigenvalue weighted by molar-refractivity contribution is 6.35. The summed E-state index contributed by atoms with van der Waals surface area (Å²) < 4.78 is 5.44. The number of ether oxygens (including phenoxy) is 1. The van der Waals surface area contributed by atoms with E-state index in [1.54, 1.807) is 18.2 Å². The number of rotatable bonds is 5. The van der Waals surface area contributed by atoms with Gasteiger partial charge in [0.15, 0.2) is 6.61 Å². The normalized spacial score (nSPS) is 13.8. The smallest absolute Gasteiger partial charge is 0.262 e. The summed E-state index contributed by atoms with van der Waals surface area (Å²) in [6.07, 6.45) is 2.40. The molecule has 1 aromatic heterocycles. The van der Waals surface area contributed by atoms with Crippen LogP contribution in [0.1, 0.15) is 18.5 Å². The fourth-order valence-corrected chi connectivity index (χ4v) is 3.19. The molecular formula is C18H19Cl2N3O2. The van der Waals surface area contributed by atoms with Gasteiger partial charge >= 0.3 is 0 Å². The maximum Gasteiger partial charge on any atom is 0.262 e. The third-order valence-corrected chi connectivity index (χ3v) is 4.56. The first kappa shape index (κ1) is 17.8. The van der Waals surface area contributed by atoms with Crippen LogP contribution in [-0.4, -0.2) is 30.6 Å². The number of hydrogen-bond donors (Lipinski definition) is 1. The molecule has 2 heterocycles. The van der Waals surface area contributed by atoms with Gasteiger partial charge in [0.05, 0.1) is 16.4 Å². The summed E-state index contributed by atoms with van der Waals surface area (Å²) in [6, 6.07) is 8.68. The molecule has 0 unspecified atom stereocenters. The van der Waals surface area contributed by atoms with Gasteiger partial charge < -0.3 is 15.0 Å². The lowest BCUT2D eigenvalue weighted by Gasteiger charge is -2.18. The predicted molar refractivity (Wildman–Crippen MR) is 101 cm³/mol. The molecule has 7 heteroatoms. The second-order valence-corrected chi connectivity index (χ2v) is 6.75. The largest absolute Gasteiger partial charge is 0.482 e. The lowest BCUT2D eigenvalue weighted by atomic mass is 10.3. The van der Waals surface area contributed by atoms with Gasteiger partial charge in [0.1, 0.15) is 11.6 Å². The lowest BCUT2D eigenvalue weighted by Crippen LogP contribution is -2.22. The first-order valence-electron chi connectivity index (χ1n) is 8.13. The van der Waals surface area contributed by atoms with Gasteiger partial charge in [-0.15, -0.1) is 0 Å². The highest BCUT2D eigenvalue weighted by Gasteiger charge is 2.15. The van der Waals surface area contributed by atoms with Crippen LogP contribution in [0.2, 0.25) is 10.0 Å². The zero-order valence-electron chi connectivity index (χ0n) is 13.9. The molecule has 0 saturated carbocycles. The molecule has 2 aromatic rings. The fraction of sp³-hybridized carbons (Fsp3) is 0.333. The summed E-state index contributed by atoms with van der Waals surface area (Å²) in [7, 11) is 0. The molecule has 0 atom stereocenters. The Kier molecular flexibility index (Phi) is 5.66. The molecular weight excluding hydrogens is 361 g/mol. The number of carbonyl (C=O) groups is 1. The molecule has 25 heavy (non-hydrogen) atoms. The molecule has 1 saturated heterocycles. The van der Waals surface area contributed by atoms with Crippen molar-refractivity contribution >= 4 is 40.6 Å². The van der Waals surface area contributed by atoms with Gasteiger partial charge in [-0.05, 0) is 50.1 Å². The maximum atomic E-state index is 12.1. The summed E-state index contributed by atoms with van der Waals surface area (Å²) in [5, 5.41) is 3.70. The van der Waals surface area contributed by atoms with E-state index in [-0.39, 0.29) is 12.5 Å². The summed E-state index contributed by atoms with van der Waals surface area (Å²) in [5.74, 6) is 1.10. The van der Waals surface area contributed by atoms with Crippen LogP contribution in [0.5, 0.6) is 5.75 Å². The summed E-state index contributed by atoms with van der Waals surface area (Å²) in [5.41, 5.74) is 1.46. The van der Waals surface area contributed by atoms with Gasteiger partial charge in [-0.25, -0.2) is 4.98 Å². The number of anilines is 2. The van der Waals surface area contributed by atoms with Gasteiger partial charge in [0.2, 0.25) is 0 Å². The number of hydrogen-bond acceptors (Lipinski definition) is 4. The lowest BCUT2D eigenvalue weighted by molar-refractivity contribution is -0.118. The standard InChI is InChI=1S/C18H19Cl2N3O2/c1-12-15(5-7-17(21-12)23-8-2-3-9-23)22-18(24)11-25-16-6-4-13(19)10-14(16)20/h4-7,10H,2-3,8-9,11H2,1H3,(H,22,24). The SMILES string of the molecule is Cc1nc(N2CCCC2)ccc1NC(=O)COc1ccc(Cl)cc1Cl. The van der Waals surface area contributed by atoms with Crippen LogP contribution in [0, 0.1) is 6.92 Å². The predicted octanol–water partition coefficient (Wildman–Crippen LogP) is 4.31. The van der Waals surface area contributed by atoms with Crippen LogP contribution in [0.15, 0.2) is 30.3 Å². The van der Waals surface area contributed by atoms with Crippen molar-refractivity contribution in [1.29, 1.82) is 0 Å². The van der Waals surface area contributed by atoms with Gasteiger partial charge in [-0.3, -0.25) is 4.79 Å². The molecule has 0 radical (unpaired) electrons. The number of nitrogens with one attached hydrogen (secondary N) is 1. The second-order valence-electron chi connectivity index (χ2n) is 5.91. The van der Waals surface area contributed by atoms with Crippen molar-refractivity contribution in [3.63, 3.8) is 0 Å². The highest BCUT2D eigenvalue weighted by atomic mass is 35.5. The van der Waals surface area contributed by atoms with Crippen molar-refractivity contribution in [2.75, 3.05) is 29.9 Å². The molecule has 0 bridgehead atoms. The first-order chi connectivity index (χ1) is 12.0. The van der Waals surface area contributed by atoms with E-state index in [1.807, 2.05) is 19.1 Å². The maximum absolute atomic E-state index is 12.1. The molecule has 132 valence electrons. The second kappa shape index (κ2) is 7.93. The van der Waals surface area contributed by atoms with Crippen LogP contribution in [0.3, 0.4) is 0 Å². The Balaban J connectivity index is 1.58. The quantitative estimate of drug-likeness (QED) is 0.840. The average molecular weight is 380 g/mol. The molecule has 1 aliphatic heterocycles. The van der Waals surface area contributed by atoms with Crippen LogP contribution in [-0.2, 0) is 4.79 Å².